The number of pyridine rings is 1. The summed E-state index contributed by atoms with van der Waals surface area (Å²) in [6, 6.07) is 12.0. The van der Waals surface area contributed by atoms with Gasteiger partial charge >= 0.3 is 5.97 Å². The molecule has 0 radical (unpaired) electrons. The van der Waals surface area contributed by atoms with Gasteiger partial charge in [0.15, 0.2) is 0 Å². The summed E-state index contributed by atoms with van der Waals surface area (Å²) in [6.45, 7) is 3.90. The second kappa shape index (κ2) is 9.85. The highest BCUT2D eigenvalue weighted by atomic mass is 16.5. The van der Waals surface area contributed by atoms with Gasteiger partial charge in [-0.15, -0.1) is 0 Å². The lowest BCUT2D eigenvalue weighted by molar-refractivity contribution is 0.0601. The number of methoxy groups -OCH3 is 1. The maximum absolute atomic E-state index is 12.1. The Morgan fingerprint density at radius 3 is 2.79 bits per heavy atom. The largest absolute Gasteiger partial charge is 0.465 e. The number of hydrogen-bond donors (Lipinski definition) is 0. The van der Waals surface area contributed by atoms with Gasteiger partial charge in [0.2, 0.25) is 0 Å². The van der Waals surface area contributed by atoms with Gasteiger partial charge < -0.3 is 14.5 Å². The molecule has 0 bridgehead atoms. The Morgan fingerprint density at radius 2 is 2.15 bits per heavy atom. The van der Waals surface area contributed by atoms with Crippen LogP contribution < -0.4 is 9.80 Å². The summed E-state index contributed by atoms with van der Waals surface area (Å²) >= 11 is 0. The van der Waals surface area contributed by atoms with Crippen LogP contribution in [0.3, 0.4) is 0 Å². The summed E-state index contributed by atoms with van der Waals surface area (Å²) in [5.74, 6) is 0.608. The zero-order valence-electron chi connectivity index (χ0n) is 19.6. The Hall–Kier alpha value is -3.68. The summed E-state index contributed by atoms with van der Waals surface area (Å²) in [6.07, 6.45) is 7.94. The van der Waals surface area contributed by atoms with Crippen molar-refractivity contribution in [2.45, 2.75) is 32.4 Å². The van der Waals surface area contributed by atoms with E-state index in [4.69, 9.17) is 9.73 Å². The second-order valence-corrected chi connectivity index (χ2v) is 8.42. The number of aryl methyl sites for hydroxylation is 1. The van der Waals surface area contributed by atoms with E-state index in [1.165, 1.54) is 20.0 Å². The minimum atomic E-state index is -0.392. The summed E-state index contributed by atoms with van der Waals surface area (Å²) < 4.78 is 6.67. The van der Waals surface area contributed by atoms with Crippen LogP contribution in [0.25, 0.3) is 0 Å². The number of carbonyl (C=O) groups is 1. The Bertz CT molecular complexity index is 1140. The molecule has 3 heterocycles. The van der Waals surface area contributed by atoms with Crippen molar-refractivity contribution >= 4 is 29.4 Å². The smallest absolute Gasteiger partial charge is 0.337 e. The van der Waals surface area contributed by atoms with Gasteiger partial charge in [0.1, 0.15) is 5.82 Å². The van der Waals surface area contributed by atoms with Crippen LogP contribution in [-0.2, 0) is 18.3 Å². The highest BCUT2D eigenvalue weighted by Gasteiger charge is 2.21. The van der Waals surface area contributed by atoms with E-state index in [0.29, 0.717) is 23.8 Å². The number of ether oxygens (including phenoxy) is 1. The molecule has 1 aromatic carbocycles. The van der Waals surface area contributed by atoms with Crippen LogP contribution in [0, 0.1) is 0 Å². The van der Waals surface area contributed by atoms with Crippen LogP contribution in [0.1, 0.15) is 41.4 Å². The van der Waals surface area contributed by atoms with E-state index >= 15 is 0 Å². The molecular weight excluding hydrogens is 416 g/mol. The molecule has 1 aliphatic rings. The predicted molar refractivity (Wildman–Crippen MR) is 131 cm³/mol. The highest BCUT2D eigenvalue weighted by Crippen LogP contribution is 2.30. The van der Waals surface area contributed by atoms with Crippen LogP contribution >= 0.6 is 0 Å². The Balaban J connectivity index is 1.58. The van der Waals surface area contributed by atoms with Gasteiger partial charge in [0.25, 0.3) is 0 Å². The molecule has 0 aliphatic carbocycles. The minimum Gasteiger partial charge on any atom is -0.465 e. The van der Waals surface area contributed by atoms with Gasteiger partial charge in [-0.2, -0.15) is 5.10 Å². The van der Waals surface area contributed by atoms with E-state index in [1.807, 2.05) is 50.8 Å². The molecule has 1 unspecified atom stereocenters. The fourth-order valence-corrected chi connectivity index (χ4v) is 4.13. The lowest BCUT2D eigenvalue weighted by Gasteiger charge is -2.22. The molecule has 8 nitrogen and oxygen atoms in total. The molecular formula is C25H30N6O2. The SMILES string of the molecule is COC(=O)c1ccc(N(C)Cc2ccn(C)n2)c(N=Cc2ccc(N3CCCC3C)nc2)c1. The van der Waals surface area contributed by atoms with Crippen molar-refractivity contribution in [3.63, 3.8) is 0 Å². The van der Waals surface area contributed by atoms with Crippen molar-refractivity contribution < 1.29 is 9.53 Å². The molecule has 1 atom stereocenters. The van der Waals surface area contributed by atoms with Crippen molar-refractivity contribution in [1.82, 2.24) is 14.8 Å². The van der Waals surface area contributed by atoms with Crippen molar-refractivity contribution in [3.8, 4) is 0 Å². The molecule has 0 spiro atoms. The monoisotopic (exact) mass is 446 g/mol. The lowest BCUT2D eigenvalue weighted by Crippen LogP contribution is -2.27. The number of benzene rings is 1. The third-order valence-electron chi connectivity index (χ3n) is 5.95. The molecule has 1 fully saturated rings. The van der Waals surface area contributed by atoms with E-state index in [2.05, 4.69) is 26.8 Å². The first-order valence-corrected chi connectivity index (χ1v) is 11.1. The predicted octanol–water partition coefficient (Wildman–Crippen LogP) is 3.98. The summed E-state index contributed by atoms with van der Waals surface area (Å²) in [5.41, 5.74) is 3.86. The highest BCUT2D eigenvalue weighted by molar-refractivity contribution is 5.93. The van der Waals surface area contributed by atoms with Crippen LogP contribution in [0.2, 0.25) is 0 Å². The lowest BCUT2D eigenvalue weighted by atomic mass is 10.1. The fraction of sp³-hybridized carbons (Fsp3) is 0.360. The maximum atomic E-state index is 12.1. The third-order valence-corrected chi connectivity index (χ3v) is 5.95. The van der Waals surface area contributed by atoms with Crippen molar-refractivity contribution in [3.05, 3.63) is 65.6 Å². The first-order chi connectivity index (χ1) is 15.9. The number of aliphatic imine (C=N–C) groups is 1. The average molecular weight is 447 g/mol. The van der Waals surface area contributed by atoms with Crippen molar-refractivity contribution in [2.24, 2.45) is 12.0 Å². The zero-order valence-corrected chi connectivity index (χ0v) is 19.6. The van der Waals surface area contributed by atoms with Crippen LogP contribution in [0.15, 0.2) is 53.8 Å². The van der Waals surface area contributed by atoms with Gasteiger partial charge in [0.05, 0.1) is 36.3 Å². The first kappa shape index (κ1) is 22.5. The molecule has 1 aliphatic heterocycles. The van der Waals surface area contributed by atoms with Gasteiger partial charge in [-0.05, 0) is 56.2 Å². The van der Waals surface area contributed by atoms with E-state index in [1.54, 1.807) is 23.0 Å². The number of rotatable bonds is 7. The molecule has 3 aromatic rings. The number of nitrogens with zero attached hydrogens (tertiary/aromatic N) is 6. The maximum Gasteiger partial charge on any atom is 0.337 e. The minimum absolute atomic E-state index is 0.392. The number of aromatic nitrogens is 3. The van der Waals surface area contributed by atoms with E-state index in [9.17, 15) is 4.79 Å². The quantitative estimate of drug-likeness (QED) is 0.404. The van der Waals surface area contributed by atoms with Gasteiger partial charge in [-0.1, -0.05) is 0 Å². The van der Waals surface area contributed by atoms with Gasteiger partial charge in [-0.3, -0.25) is 9.67 Å². The summed E-state index contributed by atoms with van der Waals surface area (Å²) in [4.78, 5) is 25.8. The van der Waals surface area contributed by atoms with E-state index < -0.39 is 5.97 Å². The van der Waals surface area contributed by atoms with Gasteiger partial charge in [0, 0.05) is 50.9 Å². The molecule has 2 aromatic heterocycles. The van der Waals surface area contributed by atoms with Gasteiger partial charge in [-0.25, -0.2) is 9.78 Å². The first-order valence-electron chi connectivity index (χ1n) is 11.1. The fourth-order valence-electron chi connectivity index (χ4n) is 4.13. The standard InChI is InChI=1S/C25H30N6O2/c1-18-6-5-12-31(18)24-10-7-19(16-27-24)15-26-22-14-20(25(32)33-4)8-9-23(22)29(2)17-21-11-13-30(3)28-21/h7-11,13-16,18H,5-6,12,17H2,1-4H3. The third kappa shape index (κ3) is 5.22. The van der Waals surface area contributed by atoms with Crippen LogP contribution in [-0.4, -0.2) is 53.7 Å². The molecule has 0 N–H and O–H groups in total. The van der Waals surface area contributed by atoms with Crippen molar-refractivity contribution in [1.29, 1.82) is 0 Å². The Morgan fingerprint density at radius 1 is 1.30 bits per heavy atom. The Labute approximate surface area is 194 Å². The molecule has 172 valence electrons. The summed E-state index contributed by atoms with van der Waals surface area (Å²) in [7, 11) is 5.25. The molecule has 33 heavy (non-hydrogen) atoms. The molecule has 8 heteroatoms. The second-order valence-electron chi connectivity index (χ2n) is 8.42. The Kier molecular flexibility index (Phi) is 6.72. The van der Waals surface area contributed by atoms with Crippen LogP contribution in [0.5, 0.6) is 0 Å². The number of esters is 1. The average Bonchev–Trinajstić information content (AvgIpc) is 3.44. The van der Waals surface area contributed by atoms with E-state index in [-0.39, 0.29) is 0 Å². The molecule has 4 rings (SSSR count). The van der Waals surface area contributed by atoms with Crippen molar-refractivity contribution in [2.75, 3.05) is 30.5 Å². The normalized spacial score (nSPS) is 15.9. The summed E-state index contributed by atoms with van der Waals surface area (Å²) in [5, 5.41) is 4.45. The number of anilines is 2. The zero-order chi connectivity index (χ0) is 23.4. The number of carbonyl (C=O) groups excluding carboxylic acids is 1. The molecule has 1 saturated heterocycles. The topological polar surface area (TPSA) is 75.8 Å². The van der Waals surface area contributed by atoms with E-state index in [0.717, 1.165) is 29.3 Å². The number of hydrogen-bond acceptors (Lipinski definition) is 7. The molecule has 0 saturated carbocycles. The molecule has 0 amide bonds. The van der Waals surface area contributed by atoms with Crippen LogP contribution in [0.4, 0.5) is 17.2 Å².